The zero-order chi connectivity index (χ0) is 13.3. The maximum atomic E-state index is 11.9. The van der Waals surface area contributed by atoms with Gasteiger partial charge in [0.1, 0.15) is 0 Å². The molecule has 0 saturated carbocycles. The van der Waals surface area contributed by atoms with Crippen molar-refractivity contribution in [2.45, 2.75) is 13.5 Å². The number of aryl methyl sites for hydroxylation is 1. The zero-order valence-corrected chi connectivity index (χ0v) is 10.8. The molecule has 1 saturated heterocycles. The Morgan fingerprint density at radius 1 is 1.56 bits per heavy atom. The second-order valence-electron chi connectivity index (χ2n) is 4.12. The van der Waals surface area contributed by atoms with E-state index in [1.54, 1.807) is 19.1 Å². The van der Waals surface area contributed by atoms with Gasteiger partial charge in [0, 0.05) is 19.2 Å². The minimum Gasteiger partial charge on any atom is -0.301 e. The molecular formula is C10H14N3O4P. The summed E-state index contributed by atoms with van der Waals surface area (Å²) in [5.41, 5.74) is 6.62. The van der Waals surface area contributed by atoms with Gasteiger partial charge in [-0.25, -0.2) is 10.2 Å². The van der Waals surface area contributed by atoms with Crippen molar-refractivity contribution in [3.63, 3.8) is 0 Å². The standard InChI is InChI=1S/C10H14N3O4P/c1-8-3-2-4-10(13(14)15)9(8)7-17-18(11,16)12-5-6-12/h2-4H,5-7H2,1H3,(H2,11,16). The summed E-state index contributed by atoms with van der Waals surface area (Å²) in [5, 5.41) is 10.9. The summed E-state index contributed by atoms with van der Waals surface area (Å²) in [7, 11) is -3.28. The maximum absolute atomic E-state index is 11.9. The molecule has 1 aliphatic rings. The Morgan fingerprint density at radius 2 is 2.22 bits per heavy atom. The average Bonchev–Trinajstić information content (AvgIpc) is 3.10. The van der Waals surface area contributed by atoms with Gasteiger partial charge in [0.2, 0.25) is 0 Å². The van der Waals surface area contributed by atoms with Gasteiger partial charge in [0.25, 0.3) is 5.69 Å². The van der Waals surface area contributed by atoms with Crippen LogP contribution in [0.15, 0.2) is 18.2 Å². The Balaban J connectivity index is 2.18. The molecule has 0 aromatic heterocycles. The SMILES string of the molecule is Cc1cccc([N+](=O)[O-])c1COP(N)(=O)N1CC1. The fourth-order valence-corrected chi connectivity index (χ4v) is 2.73. The van der Waals surface area contributed by atoms with E-state index in [-0.39, 0.29) is 12.3 Å². The molecule has 0 amide bonds. The zero-order valence-electron chi connectivity index (χ0n) is 9.91. The van der Waals surface area contributed by atoms with Gasteiger partial charge in [0.05, 0.1) is 17.1 Å². The third-order valence-corrected chi connectivity index (χ3v) is 4.48. The molecule has 0 spiro atoms. The van der Waals surface area contributed by atoms with Crippen LogP contribution < -0.4 is 5.50 Å². The highest BCUT2D eigenvalue weighted by Crippen LogP contribution is 2.48. The Labute approximate surface area is 104 Å². The lowest BCUT2D eigenvalue weighted by atomic mass is 10.1. The van der Waals surface area contributed by atoms with Crippen molar-refractivity contribution in [3.8, 4) is 0 Å². The monoisotopic (exact) mass is 271 g/mol. The molecule has 1 unspecified atom stereocenters. The molecule has 0 aliphatic carbocycles. The topological polar surface area (TPSA) is 98.5 Å². The van der Waals surface area contributed by atoms with Crippen LogP contribution in [-0.4, -0.2) is 22.7 Å². The first kappa shape index (κ1) is 13.2. The number of nitro benzene ring substituents is 1. The van der Waals surface area contributed by atoms with Crippen molar-refractivity contribution in [2.75, 3.05) is 13.1 Å². The summed E-state index contributed by atoms with van der Waals surface area (Å²) in [4.78, 5) is 10.4. The first-order valence-corrected chi connectivity index (χ1v) is 7.08. The third kappa shape index (κ3) is 2.76. The molecule has 1 aromatic rings. The molecule has 0 bridgehead atoms. The maximum Gasteiger partial charge on any atom is 0.341 e. The number of nitro groups is 1. The van der Waals surface area contributed by atoms with Crippen LogP contribution >= 0.6 is 7.67 Å². The van der Waals surface area contributed by atoms with Gasteiger partial charge in [0.15, 0.2) is 0 Å². The van der Waals surface area contributed by atoms with Crippen LogP contribution in [-0.2, 0) is 15.7 Å². The largest absolute Gasteiger partial charge is 0.341 e. The van der Waals surface area contributed by atoms with Crippen molar-refractivity contribution in [2.24, 2.45) is 5.50 Å². The summed E-state index contributed by atoms with van der Waals surface area (Å²) in [6.07, 6.45) is 0. The van der Waals surface area contributed by atoms with E-state index in [0.717, 1.165) is 5.56 Å². The molecule has 1 aromatic carbocycles. The van der Waals surface area contributed by atoms with E-state index in [9.17, 15) is 14.7 Å². The Kier molecular flexibility index (Phi) is 3.49. The fourth-order valence-electron chi connectivity index (χ4n) is 1.61. The van der Waals surface area contributed by atoms with Gasteiger partial charge < -0.3 is 4.52 Å². The van der Waals surface area contributed by atoms with Crippen molar-refractivity contribution in [1.29, 1.82) is 0 Å². The summed E-state index contributed by atoms with van der Waals surface area (Å²) in [5.74, 6) is 0. The Morgan fingerprint density at radius 3 is 2.78 bits per heavy atom. The highest BCUT2D eigenvalue weighted by atomic mass is 31.2. The van der Waals surface area contributed by atoms with Crippen LogP contribution in [0.1, 0.15) is 11.1 Å². The molecule has 1 aliphatic heterocycles. The fraction of sp³-hybridized carbons (Fsp3) is 0.400. The molecule has 2 rings (SSSR count). The van der Waals surface area contributed by atoms with Crippen molar-refractivity contribution >= 4 is 13.4 Å². The smallest absolute Gasteiger partial charge is 0.301 e. The molecule has 98 valence electrons. The van der Waals surface area contributed by atoms with E-state index in [1.165, 1.54) is 10.7 Å². The van der Waals surface area contributed by atoms with Crippen LogP contribution in [0.3, 0.4) is 0 Å². The predicted molar refractivity (Wildman–Crippen MR) is 66.0 cm³/mol. The molecule has 8 heteroatoms. The molecule has 1 heterocycles. The van der Waals surface area contributed by atoms with E-state index in [4.69, 9.17) is 10.0 Å². The van der Waals surface area contributed by atoms with Crippen LogP contribution in [0.2, 0.25) is 0 Å². The normalized spacial score (nSPS) is 18.3. The highest BCUT2D eigenvalue weighted by Gasteiger charge is 2.36. The number of hydrogen-bond donors (Lipinski definition) is 1. The van der Waals surface area contributed by atoms with Gasteiger partial charge in [-0.2, -0.15) is 0 Å². The summed E-state index contributed by atoms with van der Waals surface area (Å²) in [6, 6.07) is 4.73. The van der Waals surface area contributed by atoms with Gasteiger partial charge >= 0.3 is 7.67 Å². The average molecular weight is 271 g/mol. The molecule has 2 N–H and O–H groups in total. The third-order valence-electron chi connectivity index (χ3n) is 2.79. The van der Waals surface area contributed by atoms with Crippen molar-refractivity contribution < 1.29 is 14.0 Å². The van der Waals surface area contributed by atoms with E-state index in [0.29, 0.717) is 18.7 Å². The summed E-state index contributed by atoms with van der Waals surface area (Å²) >= 11 is 0. The van der Waals surface area contributed by atoms with Crippen molar-refractivity contribution in [3.05, 3.63) is 39.4 Å². The lowest BCUT2D eigenvalue weighted by molar-refractivity contribution is -0.385. The van der Waals surface area contributed by atoms with Crippen LogP contribution in [0.5, 0.6) is 0 Å². The molecule has 0 radical (unpaired) electrons. The van der Waals surface area contributed by atoms with Gasteiger partial charge in [-0.3, -0.25) is 14.7 Å². The molecular weight excluding hydrogens is 257 g/mol. The van der Waals surface area contributed by atoms with Gasteiger partial charge in [-0.15, -0.1) is 0 Å². The Hall–Kier alpha value is -1.27. The quantitative estimate of drug-likeness (QED) is 0.379. The number of benzene rings is 1. The van der Waals surface area contributed by atoms with Gasteiger partial charge in [-0.1, -0.05) is 12.1 Å². The highest BCUT2D eigenvalue weighted by molar-refractivity contribution is 7.54. The molecule has 7 nitrogen and oxygen atoms in total. The molecule has 1 atom stereocenters. The lowest BCUT2D eigenvalue weighted by Gasteiger charge is -2.14. The number of rotatable bonds is 5. The first-order valence-electron chi connectivity index (χ1n) is 5.43. The Bertz CT molecular complexity index is 530. The summed E-state index contributed by atoms with van der Waals surface area (Å²) < 4.78 is 18.5. The molecule has 1 fully saturated rings. The van der Waals surface area contributed by atoms with Crippen LogP contribution in [0, 0.1) is 17.0 Å². The van der Waals surface area contributed by atoms with E-state index in [2.05, 4.69) is 0 Å². The van der Waals surface area contributed by atoms with Crippen LogP contribution in [0.25, 0.3) is 0 Å². The lowest BCUT2D eigenvalue weighted by Crippen LogP contribution is -2.09. The minimum absolute atomic E-state index is 0.0409. The predicted octanol–water partition coefficient (Wildman–Crippen LogP) is 1.80. The van der Waals surface area contributed by atoms with Crippen LogP contribution in [0.4, 0.5) is 5.69 Å². The first-order chi connectivity index (χ1) is 8.42. The van der Waals surface area contributed by atoms with E-state index in [1.807, 2.05) is 0 Å². The summed E-state index contributed by atoms with van der Waals surface area (Å²) in [6.45, 7) is 2.91. The van der Waals surface area contributed by atoms with Gasteiger partial charge in [-0.05, 0) is 12.5 Å². The van der Waals surface area contributed by atoms with E-state index >= 15 is 0 Å². The number of hydrogen-bond acceptors (Lipinski definition) is 4. The second kappa shape index (κ2) is 4.78. The van der Waals surface area contributed by atoms with Crippen molar-refractivity contribution in [1.82, 2.24) is 4.67 Å². The number of nitrogens with zero attached hydrogens (tertiary/aromatic N) is 2. The molecule has 18 heavy (non-hydrogen) atoms. The number of nitrogens with two attached hydrogens (primary N) is 1. The minimum atomic E-state index is -3.28. The van der Waals surface area contributed by atoms with E-state index < -0.39 is 12.6 Å². The second-order valence-corrected chi connectivity index (χ2v) is 6.07.